The van der Waals surface area contributed by atoms with Gasteiger partial charge in [-0.2, -0.15) is 0 Å². The molecule has 0 aliphatic carbocycles. The van der Waals surface area contributed by atoms with Crippen LogP contribution in [0, 0.1) is 0 Å². The lowest BCUT2D eigenvalue weighted by molar-refractivity contribution is -0.124. The van der Waals surface area contributed by atoms with Gasteiger partial charge in [-0.3, -0.25) is 10.1 Å². The number of carbonyl (C=O) groups is 1. The minimum absolute atomic E-state index is 0.0429. The van der Waals surface area contributed by atoms with Gasteiger partial charge in [0.25, 0.3) is 0 Å². The molecule has 2 atom stereocenters. The maximum atomic E-state index is 12.1. The predicted octanol–water partition coefficient (Wildman–Crippen LogP) is 2.00. The first-order valence-electron chi connectivity index (χ1n) is 7.13. The lowest BCUT2D eigenvalue weighted by Crippen LogP contribution is -2.51. The van der Waals surface area contributed by atoms with Gasteiger partial charge in [0.15, 0.2) is 0 Å². The summed E-state index contributed by atoms with van der Waals surface area (Å²) >= 11 is 0. The second kappa shape index (κ2) is 7.41. The van der Waals surface area contributed by atoms with Crippen molar-refractivity contribution in [3.05, 3.63) is 35.9 Å². The van der Waals surface area contributed by atoms with E-state index in [1.165, 1.54) is 0 Å². The van der Waals surface area contributed by atoms with Crippen LogP contribution < -0.4 is 10.6 Å². The van der Waals surface area contributed by atoms with Crippen molar-refractivity contribution in [3.8, 4) is 0 Å². The summed E-state index contributed by atoms with van der Waals surface area (Å²) in [6, 6.07) is 9.05. The third-order valence-corrected chi connectivity index (χ3v) is 3.57. The molecule has 2 unspecified atom stereocenters. The molecular weight excluding hydrogens is 252 g/mol. The molecule has 0 aliphatic rings. The molecular formula is C16H26N2O2. The molecule has 0 fully saturated rings. The summed E-state index contributed by atoms with van der Waals surface area (Å²) < 4.78 is 0. The molecule has 112 valence electrons. The second-order valence-electron chi connectivity index (χ2n) is 5.76. The predicted molar refractivity (Wildman–Crippen MR) is 81.4 cm³/mol. The van der Waals surface area contributed by atoms with Crippen LogP contribution in [0.15, 0.2) is 30.3 Å². The molecule has 4 nitrogen and oxygen atoms in total. The molecule has 0 heterocycles. The van der Waals surface area contributed by atoms with Crippen molar-refractivity contribution in [3.63, 3.8) is 0 Å². The van der Waals surface area contributed by atoms with E-state index in [0.29, 0.717) is 0 Å². The number of aliphatic hydroxyl groups excluding tert-OH is 1. The van der Waals surface area contributed by atoms with E-state index in [1.807, 2.05) is 58.0 Å². The topological polar surface area (TPSA) is 61.4 Å². The zero-order valence-electron chi connectivity index (χ0n) is 12.8. The van der Waals surface area contributed by atoms with Gasteiger partial charge in [-0.15, -0.1) is 0 Å². The third kappa shape index (κ3) is 4.94. The number of hydrogen-bond donors (Lipinski definition) is 3. The number of carbonyl (C=O) groups excluding carboxylic acids is 1. The Bertz CT molecular complexity index is 418. The van der Waals surface area contributed by atoms with Crippen LogP contribution in [0.4, 0.5) is 0 Å². The van der Waals surface area contributed by atoms with Gasteiger partial charge in [-0.05, 0) is 32.8 Å². The monoisotopic (exact) mass is 278 g/mol. The van der Waals surface area contributed by atoms with Crippen molar-refractivity contribution in [2.75, 3.05) is 6.61 Å². The zero-order valence-corrected chi connectivity index (χ0v) is 12.8. The van der Waals surface area contributed by atoms with Gasteiger partial charge < -0.3 is 10.4 Å². The second-order valence-corrected chi connectivity index (χ2v) is 5.76. The Morgan fingerprint density at radius 3 is 2.40 bits per heavy atom. The summed E-state index contributed by atoms with van der Waals surface area (Å²) in [7, 11) is 0. The van der Waals surface area contributed by atoms with Gasteiger partial charge >= 0.3 is 0 Å². The number of hydrogen-bond acceptors (Lipinski definition) is 3. The number of nitrogens with one attached hydrogen (secondary N) is 2. The molecule has 0 saturated heterocycles. The fourth-order valence-electron chi connectivity index (χ4n) is 1.85. The molecule has 0 radical (unpaired) electrons. The highest BCUT2D eigenvalue weighted by atomic mass is 16.3. The Balaban J connectivity index is 2.64. The molecule has 1 rings (SSSR count). The van der Waals surface area contributed by atoms with Crippen molar-refractivity contribution in [2.45, 2.75) is 51.7 Å². The molecule has 0 bridgehead atoms. The quantitative estimate of drug-likeness (QED) is 0.715. The highest BCUT2D eigenvalue weighted by molar-refractivity contribution is 5.82. The van der Waals surface area contributed by atoms with Gasteiger partial charge in [0, 0.05) is 5.54 Å². The van der Waals surface area contributed by atoms with Crippen LogP contribution in [-0.4, -0.2) is 29.2 Å². The van der Waals surface area contributed by atoms with Gasteiger partial charge in [0.1, 0.15) is 0 Å². The minimum atomic E-state index is -0.363. The summed E-state index contributed by atoms with van der Waals surface area (Å²) in [4.78, 5) is 12.1. The van der Waals surface area contributed by atoms with E-state index in [0.717, 1.165) is 12.0 Å². The molecule has 20 heavy (non-hydrogen) atoms. The Labute approximate surface area is 121 Å². The number of amides is 1. The minimum Gasteiger partial charge on any atom is -0.394 e. The molecule has 1 aromatic carbocycles. The van der Waals surface area contributed by atoms with E-state index >= 15 is 0 Å². The van der Waals surface area contributed by atoms with Gasteiger partial charge in [0.05, 0.1) is 18.7 Å². The smallest absolute Gasteiger partial charge is 0.237 e. The first-order chi connectivity index (χ1) is 9.39. The highest BCUT2D eigenvalue weighted by Crippen LogP contribution is 2.13. The Kier molecular flexibility index (Phi) is 6.17. The number of rotatable bonds is 7. The van der Waals surface area contributed by atoms with E-state index in [-0.39, 0.29) is 30.1 Å². The van der Waals surface area contributed by atoms with Crippen molar-refractivity contribution in [1.82, 2.24) is 10.6 Å². The van der Waals surface area contributed by atoms with Crippen molar-refractivity contribution in [1.29, 1.82) is 0 Å². The highest BCUT2D eigenvalue weighted by Gasteiger charge is 2.23. The molecule has 1 aromatic rings. The maximum Gasteiger partial charge on any atom is 0.237 e. The van der Waals surface area contributed by atoms with Crippen molar-refractivity contribution >= 4 is 5.91 Å². The standard InChI is InChI=1S/C16H26N2O2/c1-5-16(3,4)18-15(20)12(2)17-14(11-19)13-9-7-6-8-10-13/h6-10,12,14,17,19H,5,11H2,1-4H3,(H,18,20). The average Bonchev–Trinajstić information content (AvgIpc) is 2.44. The van der Waals surface area contributed by atoms with Gasteiger partial charge in [0.2, 0.25) is 5.91 Å². The van der Waals surface area contributed by atoms with Crippen LogP contribution in [0.3, 0.4) is 0 Å². The molecule has 3 N–H and O–H groups in total. The first kappa shape index (κ1) is 16.7. The fraction of sp³-hybridized carbons (Fsp3) is 0.562. The van der Waals surface area contributed by atoms with E-state index in [2.05, 4.69) is 10.6 Å². The van der Waals surface area contributed by atoms with Crippen LogP contribution in [0.1, 0.15) is 45.7 Å². The molecule has 0 aromatic heterocycles. The summed E-state index contributed by atoms with van der Waals surface area (Å²) in [5, 5.41) is 15.7. The van der Waals surface area contributed by atoms with Crippen LogP contribution in [-0.2, 0) is 4.79 Å². The number of aliphatic hydroxyl groups is 1. The van der Waals surface area contributed by atoms with Crippen LogP contribution >= 0.6 is 0 Å². The van der Waals surface area contributed by atoms with Gasteiger partial charge in [-0.25, -0.2) is 0 Å². The van der Waals surface area contributed by atoms with E-state index < -0.39 is 0 Å². The fourth-order valence-corrected chi connectivity index (χ4v) is 1.85. The Hall–Kier alpha value is -1.39. The average molecular weight is 278 g/mol. The Morgan fingerprint density at radius 2 is 1.90 bits per heavy atom. The molecule has 0 aliphatic heterocycles. The molecule has 4 heteroatoms. The molecule has 0 spiro atoms. The third-order valence-electron chi connectivity index (χ3n) is 3.57. The summed E-state index contributed by atoms with van der Waals surface area (Å²) in [5.74, 6) is -0.0498. The van der Waals surface area contributed by atoms with Crippen LogP contribution in [0.25, 0.3) is 0 Å². The van der Waals surface area contributed by atoms with Crippen molar-refractivity contribution < 1.29 is 9.90 Å². The summed E-state index contributed by atoms with van der Waals surface area (Å²) in [6.45, 7) is 7.81. The molecule has 1 amide bonds. The first-order valence-corrected chi connectivity index (χ1v) is 7.13. The zero-order chi connectivity index (χ0) is 15.2. The SMILES string of the molecule is CCC(C)(C)NC(=O)C(C)NC(CO)c1ccccc1. The van der Waals surface area contributed by atoms with Gasteiger partial charge in [-0.1, -0.05) is 37.3 Å². The van der Waals surface area contributed by atoms with Crippen LogP contribution in [0.2, 0.25) is 0 Å². The molecule has 0 saturated carbocycles. The van der Waals surface area contributed by atoms with Crippen molar-refractivity contribution in [2.24, 2.45) is 0 Å². The normalized spacial score (nSPS) is 14.7. The van der Waals surface area contributed by atoms with E-state index in [4.69, 9.17) is 0 Å². The maximum absolute atomic E-state index is 12.1. The van der Waals surface area contributed by atoms with Crippen LogP contribution in [0.5, 0.6) is 0 Å². The Morgan fingerprint density at radius 1 is 1.30 bits per heavy atom. The lowest BCUT2D eigenvalue weighted by atomic mass is 10.0. The van der Waals surface area contributed by atoms with E-state index in [1.54, 1.807) is 0 Å². The lowest BCUT2D eigenvalue weighted by Gasteiger charge is -2.28. The van der Waals surface area contributed by atoms with E-state index in [9.17, 15) is 9.90 Å². The summed E-state index contributed by atoms with van der Waals surface area (Å²) in [6.07, 6.45) is 0.869. The number of benzene rings is 1. The summed E-state index contributed by atoms with van der Waals surface area (Å²) in [5.41, 5.74) is 0.762. The largest absolute Gasteiger partial charge is 0.394 e.